The molecule has 0 aliphatic carbocycles. The van der Waals surface area contributed by atoms with Crippen molar-refractivity contribution >= 4 is 29.1 Å². The van der Waals surface area contributed by atoms with Gasteiger partial charge in [-0.1, -0.05) is 41.9 Å². The van der Waals surface area contributed by atoms with Crippen molar-refractivity contribution < 1.29 is 9.59 Å². The first kappa shape index (κ1) is 19.0. The number of hydrogen-bond acceptors (Lipinski definition) is 3. The van der Waals surface area contributed by atoms with Crippen LogP contribution in [0.2, 0.25) is 5.02 Å². The fourth-order valence-corrected chi connectivity index (χ4v) is 4.10. The molecule has 0 aromatic heterocycles. The van der Waals surface area contributed by atoms with Crippen LogP contribution in [0.4, 0.5) is 5.69 Å². The van der Waals surface area contributed by atoms with Crippen LogP contribution in [0.15, 0.2) is 54.6 Å². The number of rotatable bonds is 4. The number of piperazine rings is 1. The number of halogens is 1. The second-order valence-electron chi connectivity index (χ2n) is 7.47. The second-order valence-corrected chi connectivity index (χ2v) is 7.91. The number of hydrogen-bond donors (Lipinski definition) is 0. The predicted molar refractivity (Wildman–Crippen MR) is 110 cm³/mol. The highest BCUT2D eigenvalue weighted by Gasteiger charge is 2.37. The lowest BCUT2D eigenvalue weighted by Crippen LogP contribution is -2.50. The number of carbonyl (C=O) groups is 2. The van der Waals surface area contributed by atoms with E-state index in [2.05, 4.69) is 29.2 Å². The third-order valence-corrected chi connectivity index (χ3v) is 5.80. The summed E-state index contributed by atoms with van der Waals surface area (Å²) < 4.78 is 0. The van der Waals surface area contributed by atoms with E-state index < -0.39 is 0 Å². The Bertz CT molecular complexity index is 833. The molecule has 0 unspecified atom stereocenters. The molecule has 0 saturated carbocycles. The highest BCUT2D eigenvalue weighted by atomic mass is 35.5. The lowest BCUT2D eigenvalue weighted by Gasteiger charge is -2.36. The summed E-state index contributed by atoms with van der Waals surface area (Å²) in [7, 11) is 0. The van der Waals surface area contributed by atoms with Gasteiger partial charge in [0.15, 0.2) is 0 Å². The molecule has 2 amide bonds. The molecule has 5 nitrogen and oxygen atoms in total. The molecule has 2 aromatic carbocycles. The quantitative estimate of drug-likeness (QED) is 0.796. The molecular formula is C22H24ClN3O2. The summed E-state index contributed by atoms with van der Waals surface area (Å²) in [6, 6.07) is 17.6. The standard InChI is InChI=1S/C22H24ClN3O2/c23-19-6-8-20(9-7-19)26-16-18(14-21(26)27)22(28)25-12-10-24(11-13-25)15-17-4-2-1-3-5-17/h1-9,18H,10-16H2/t18-/m0/s1. The molecule has 0 bridgehead atoms. The van der Waals surface area contributed by atoms with Gasteiger partial charge in [0.05, 0.1) is 5.92 Å². The van der Waals surface area contributed by atoms with Gasteiger partial charge in [0.1, 0.15) is 0 Å². The topological polar surface area (TPSA) is 43.9 Å². The minimum Gasteiger partial charge on any atom is -0.340 e. The Hall–Kier alpha value is -2.37. The maximum atomic E-state index is 12.9. The Morgan fingerprint density at radius 3 is 2.32 bits per heavy atom. The molecule has 6 heteroatoms. The molecule has 2 aliphatic heterocycles. The van der Waals surface area contributed by atoms with Crippen molar-refractivity contribution in [2.24, 2.45) is 5.92 Å². The van der Waals surface area contributed by atoms with E-state index in [0.29, 0.717) is 11.6 Å². The predicted octanol–water partition coefficient (Wildman–Crippen LogP) is 3.04. The molecule has 28 heavy (non-hydrogen) atoms. The van der Waals surface area contributed by atoms with Crippen LogP contribution in [0.3, 0.4) is 0 Å². The van der Waals surface area contributed by atoms with Crippen molar-refractivity contribution in [2.45, 2.75) is 13.0 Å². The lowest BCUT2D eigenvalue weighted by molar-refractivity contribution is -0.137. The average Bonchev–Trinajstić information content (AvgIpc) is 3.11. The number of amides is 2. The van der Waals surface area contributed by atoms with Crippen molar-refractivity contribution in [2.75, 3.05) is 37.6 Å². The van der Waals surface area contributed by atoms with Crippen molar-refractivity contribution in [3.63, 3.8) is 0 Å². The van der Waals surface area contributed by atoms with Gasteiger partial charge < -0.3 is 9.80 Å². The monoisotopic (exact) mass is 397 g/mol. The van der Waals surface area contributed by atoms with Gasteiger partial charge in [0.25, 0.3) is 0 Å². The van der Waals surface area contributed by atoms with Gasteiger partial charge in [-0.2, -0.15) is 0 Å². The lowest BCUT2D eigenvalue weighted by atomic mass is 10.1. The summed E-state index contributed by atoms with van der Waals surface area (Å²) in [5, 5.41) is 0.636. The van der Waals surface area contributed by atoms with E-state index in [9.17, 15) is 9.59 Å². The molecular weight excluding hydrogens is 374 g/mol. The molecule has 2 aromatic rings. The van der Waals surface area contributed by atoms with Crippen LogP contribution in [-0.2, 0) is 16.1 Å². The molecule has 1 atom stereocenters. The van der Waals surface area contributed by atoms with Crippen molar-refractivity contribution in [3.05, 3.63) is 65.2 Å². The first-order chi connectivity index (χ1) is 13.6. The van der Waals surface area contributed by atoms with E-state index >= 15 is 0 Å². The number of anilines is 1. The zero-order valence-electron chi connectivity index (χ0n) is 15.8. The zero-order chi connectivity index (χ0) is 19.5. The highest BCUT2D eigenvalue weighted by molar-refractivity contribution is 6.30. The normalized spacial score (nSPS) is 20.6. The Labute approximate surface area is 170 Å². The summed E-state index contributed by atoms with van der Waals surface area (Å²) in [6.07, 6.45) is 0.283. The molecule has 2 saturated heterocycles. The van der Waals surface area contributed by atoms with Gasteiger partial charge >= 0.3 is 0 Å². The number of nitrogens with zero attached hydrogens (tertiary/aromatic N) is 3. The maximum Gasteiger partial charge on any atom is 0.228 e. The first-order valence-corrected chi connectivity index (χ1v) is 10.1. The van der Waals surface area contributed by atoms with Crippen LogP contribution in [0.25, 0.3) is 0 Å². The second kappa shape index (κ2) is 8.33. The smallest absolute Gasteiger partial charge is 0.228 e. The molecule has 0 spiro atoms. The summed E-state index contributed by atoms with van der Waals surface area (Å²) in [6.45, 7) is 4.53. The fraction of sp³-hybridized carbons (Fsp3) is 0.364. The molecule has 2 fully saturated rings. The number of benzene rings is 2. The van der Waals surface area contributed by atoms with Crippen LogP contribution in [-0.4, -0.2) is 54.3 Å². The number of carbonyl (C=O) groups excluding carboxylic acids is 2. The van der Waals surface area contributed by atoms with Crippen LogP contribution in [0.1, 0.15) is 12.0 Å². The van der Waals surface area contributed by atoms with E-state index in [1.807, 2.05) is 23.1 Å². The van der Waals surface area contributed by atoms with Crippen LogP contribution >= 0.6 is 11.6 Å². The summed E-state index contributed by atoms with van der Waals surface area (Å²) in [5.41, 5.74) is 2.10. The van der Waals surface area contributed by atoms with Gasteiger partial charge in [0, 0.05) is 56.4 Å². The summed E-state index contributed by atoms with van der Waals surface area (Å²) >= 11 is 5.93. The van der Waals surface area contributed by atoms with Gasteiger partial charge in [-0.15, -0.1) is 0 Å². The Balaban J connectivity index is 1.32. The molecule has 0 radical (unpaired) electrons. The van der Waals surface area contributed by atoms with Crippen molar-refractivity contribution in [1.29, 1.82) is 0 Å². The highest BCUT2D eigenvalue weighted by Crippen LogP contribution is 2.27. The Kier molecular flexibility index (Phi) is 5.64. The summed E-state index contributed by atoms with van der Waals surface area (Å²) in [5.74, 6) is -0.156. The molecule has 2 heterocycles. The van der Waals surface area contributed by atoms with Crippen LogP contribution in [0.5, 0.6) is 0 Å². The maximum absolute atomic E-state index is 12.9. The molecule has 146 valence electrons. The average molecular weight is 398 g/mol. The van der Waals surface area contributed by atoms with Crippen molar-refractivity contribution in [1.82, 2.24) is 9.80 Å². The van der Waals surface area contributed by atoms with Gasteiger partial charge in [-0.05, 0) is 29.8 Å². The van der Waals surface area contributed by atoms with Crippen LogP contribution in [0, 0.1) is 5.92 Å². The van der Waals surface area contributed by atoms with Gasteiger partial charge in [0.2, 0.25) is 11.8 Å². The zero-order valence-corrected chi connectivity index (χ0v) is 16.5. The largest absolute Gasteiger partial charge is 0.340 e. The van der Waals surface area contributed by atoms with E-state index in [1.165, 1.54) is 5.56 Å². The summed E-state index contributed by atoms with van der Waals surface area (Å²) in [4.78, 5) is 31.4. The minimum absolute atomic E-state index is 0.00314. The molecule has 0 N–H and O–H groups in total. The van der Waals surface area contributed by atoms with Gasteiger partial charge in [-0.25, -0.2) is 0 Å². The molecule has 4 rings (SSSR count). The van der Waals surface area contributed by atoms with Crippen molar-refractivity contribution in [3.8, 4) is 0 Å². The van der Waals surface area contributed by atoms with E-state index in [-0.39, 0.29) is 24.2 Å². The molecule has 2 aliphatic rings. The van der Waals surface area contributed by atoms with E-state index in [4.69, 9.17) is 11.6 Å². The van der Waals surface area contributed by atoms with Crippen LogP contribution < -0.4 is 4.90 Å². The fourth-order valence-electron chi connectivity index (χ4n) is 3.97. The minimum atomic E-state index is -0.260. The Morgan fingerprint density at radius 1 is 0.964 bits per heavy atom. The SMILES string of the molecule is O=C([C@H]1CC(=O)N(c2ccc(Cl)cc2)C1)N1CCN(Cc2ccccc2)CC1. The third-order valence-electron chi connectivity index (χ3n) is 5.55. The van der Waals surface area contributed by atoms with Gasteiger partial charge in [-0.3, -0.25) is 14.5 Å². The first-order valence-electron chi connectivity index (χ1n) is 9.71. The van der Waals surface area contributed by atoms with E-state index in [0.717, 1.165) is 38.4 Å². The van der Waals surface area contributed by atoms with E-state index in [1.54, 1.807) is 17.0 Å². The third kappa shape index (κ3) is 4.21. The Morgan fingerprint density at radius 2 is 1.64 bits per heavy atom.